The van der Waals surface area contributed by atoms with E-state index in [1.807, 2.05) is 19.1 Å². The third-order valence-corrected chi connectivity index (χ3v) is 3.78. The van der Waals surface area contributed by atoms with Gasteiger partial charge in [0, 0.05) is 12.6 Å². The number of hydrogen-bond acceptors (Lipinski definition) is 4. The largest absolute Gasteiger partial charge is 0.493 e. The van der Waals surface area contributed by atoms with Gasteiger partial charge in [0.15, 0.2) is 23.1 Å². The van der Waals surface area contributed by atoms with Gasteiger partial charge in [0.2, 0.25) is 5.75 Å². The first-order valence-electron chi connectivity index (χ1n) is 7.47. The first-order valence-corrected chi connectivity index (χ1v) is 7.47. The van der Waals surface area contributed by atoms with E-state index < -0.39 is 11.6 Å². The van der Waals surface area contributed by atoms with Crippen LogP contribution in [0.5, 0.6) is 17.2 Å². The normalized spacial score (nSPS) is 11.9. The van der Waals surface area contributed by atoms with Crippen molar-refractivity contribution in [3.05, 3.63) is 53.1 Å². The smallest absolute Gasteiger partial charge is 0.203 e. The van der Waals surface area contributed by atoms with Crippen LogP contribution in [0.2, 0.25) is 0 Å². The van der Waals surface area contributed by atoms with Gasteiger partial charge in [-0.15, -0.1) is 0 Å². The lowest BCUT2D eigenvalue weighted by Crippen LogP contribution is -2.18. The minimum atomic E-state index is -0.852. The monoisotopic (exact) mass is 337 g/mol. The summed E-state index contributed by atoms with van der Waals surface area (Å²) < 4.78 is 42.2. The molecule has 1 unspecified atom stereocenters. The van der Waals surface area contributed by atoms with Crippen molar-refractivity contribution in [3.63, 3.8) is 0 Å². The molecule has 0 saturated carbocycles. The van der Waals surface area contributed by atoms with E-state index in [2.05, 4.69) is 5.32 Å². The average molecular weight is 337 g/mol. The second kappa shape index (κ2) is 7.97. The summed E-state index contributed by atoms with van der Waals surface area (Å²) in [6.07, 6.45) is 0. The van der Waals surface area contributed by atoms with Gasteiger partial charge in [0.1, 0.15) is 0 Å². The molecule has 0 saturated heterocycles. The van der Waals surface area contributed by atoms with E-state index in [0.717, 1.165) is 11.6 Å². The molecule has 2 aromatic carbocycles. The molecule has 0 fully saturated rings. The van der Waals surface area contributed by atoms with Crippen LogP contribution in [0.3, 0.4) is 0 Å². The van der Waals surface area contributed by atoms with Crippen molar-refractivity contribution in [2.24, 2.45) is 0 Å². The van der Waals surface area contributed by atoms with Gasteiger partial charge in [-0.2, -0.15) is 0 Å². The Bertz CT molecular complexity index is 682. The van der Waals surface area contributed by atoms with Crippen molar-refractivity contribution < 1.29 is 23.0 Å². The third kappa shape index (κ3) is 3.94. The second-order valence-electron chi connectivity index (χ2n) is 5.31. The van der Waals surface area contributed by atoms with Gasteiger partial charge in [-0.25, -0.2) is 8.78 Å². The highest BCUT2D eigenvalue weighted by atomic mass is 19.2. The van der Waals surface area contributed by atoms with Crippen molar-refractivity contribution >= 4 is 0 Å². The zero-order valence-corrected chi connectivity index (χ0v) is 14.2. The molecule has 130 valence electrons. The molecule has 0 radical (unpaired) electrons. The topological polar surface area (TPSA) is 39.7 Å². The maximum absolute atomic E-state index is 13.3. The van der Waals surface area contributed by atoms with Crippen LogP contribution in [0.4, 0.5) is 8.78 Å². The molecular formula is C18H21F2NO3. The van der Waals surface area contributed by atoms with Crippen LogP contribution in [0.25, 0.3) is 0 Å². The van der Waals surface area contributed by atoms with E-state index >= 15 is 0 Å². The van der Waals surface area contributed by atoms with E-state index in [-0.39, 0.29) is 6.04 Å². The molecule has 0 aromatic heterocycles. The summed E-state index contributed by atoms with van der Waals surface area (Å²) in [6.45, 7) is 2.36. The van der Waals surface area contributed by atoms with E-state index in [1.165, 1.54) is 6.07 Å². The Morgan fingerprint density at radius 3 is 2.04 bits per heavy atom. The summed E-state index contributed by atoms with van der Waals surface area (Å²) in [4.78, 5) is 0. The van der Waals surface area contributed by atoms with Crippen molar-refractivity contribution in [3.8, 4) is 17.2 Å². The maximum Gasteiger partial charge on any atom is 0.203 e. The summed E-state index contributed by atoms with van der Waals surface area (Å²) in [5.41, 5.74) is 1.58. The van der Waals surface area contributed by atoms with Crippen molar-refractivity contribution in [2.75, 3.05) is 21.3 Å². The number of nitrogens with one attached hydrogen (secondary N) is 1. The van der Waals surface area contributed by atoms with Gasteiger partial charge < -0.3 is 19.5 Å². The molecule has 0 aliphatic rings. The number of methoxy groups -OCH3 is 3. The number of ether oxygens (including phenoxy) is 3. The van der Waals surface area contributed by atoms with Crippen LogP contribution >= 0.6 is 0 Å². The Hall–Kier alpha value is -2.34. The molecule has 0 heterocycles. The van der Waals surface area contributed by atoms with E-state index in [1.54, 1.807) is 27.4 Å². The van der Waals surface area contributed by atoms with Crippen molar-refractivity contribution in [2.45, 2.75) is 19.5 Å². The van der Waals surface area contributed by atoms with Gasteiger partial charge in [-0.3, -0.25) is 0 Å². The predicted octanol–water partition coefficient (Wildman–Crippen LogP) is 3.84. The zero-order valence-electron chi connectivity index (χ0n) is 14.2. The number of halogens is 2. The molecule has 1 N–H and O–H groups in total. The first kappa shape index (κ1) is 18.0. The van der Waals surface area contributed by atoms with E-state index in [0.29, 0.717) is 29.4 Å². The standard InChI is InChI=1S/C18H21F2NO3/c1-11(21-10-12-5-6-14(19)15(20)7-12)13-8-16(22-2)18(24-4)17(9-13)23-3/h5-9,11,21H,10H2,1-4H3. The Balaban J connectivity index is 2.16. The fraction of sp³-hybridized carbons (Fsp3) is 0.333. The molecule has 1 atom stereocenters. The van der Waals surface area contributed by atoms with Gasteiger partial charge in [0.05, 0.1) is 21.3 Å². The molecular weight excluding hydrogens is 316 g/mol. The molecule has 0 spiro atoms. The quantitative estimate of drug-likeness (QED) is 0.833. The number of benzene rings is 2. The fourth-order valence-corrected chi connectivity index (χ4v) is 2.39. The Morgan fingerprint density at radius 1 is 0.917 bits per heavy atom. The summed E-state index contributed by atoms with van der Waals surface area (Å²) >= 11 is 0. The van der Waals surface area contributed by atoms with Crippen LogP contribution < -0.4 is 19.5 Å². The molecule has 0 aliphatic carbocycles. The molecule has 0 bridgehead atoms. The van der Waals surface area contributed by atoms with E-state index in [9.17, 15) is 8.78 Å². The Kier molecular flexibility index (Phi) is 5.98. The molecule has 24 heavy (non-hydrogen) atoms. The highest BCUT2D eigenvalue weighted by molar-refractivity contribution is 5.54. The molecule has 2 aromatic rings. The predicted molar refractivity (Wildman–Crippen MR) is 87.7 cm³/mol. The SMILES string of the molecule is COc1cc(C(C)NCc2ccc(F)c(F)c2)cc(OC)c1OC. The average Bonchev–Trinajstić information content (AvgIpc) is 2.60. The van der Waals surface area contributed by atoms with Gasteiger partial charge >= 0.3 is 0 Å². The molecule has 0 aliphatic heterocycles. The van der Waals surface area contributed by atoms with Gasteiger partial charge in [0.25, 0.3) is 0 Å². The van der Waals surface area contributed by atoms with Crippen LogP contribution in [0, 0.1) is 11.6 Å². The lowest BCUT2D eigenvalue weighted by molar-refractivity contribution is 0.323. The Morgan fingerprint density at radius 2 is 1.54 bits per heavy atom. The summed E-state index contributed by atoms with van der Waals surface area (Å²) in [5.74, 6) is -0.0515. The lowest BCUT2D eigenvalue weighted by Gasteiger charge is -2.19. The summed E-state index contributed by atoms with van der Waals surface area (Å²) in [5, 5.41) is 3.26. The van der Waals surface area contributed by atoms with Crippen LogP contribution in [-0.4, -0.2) is 21.3 Å². The minimum Gasteiger partial charge on any atom is -0.493 e. The van der Waals surface area contributed by atoms with Crippen LogP contribution in [-0.2, 0) is 6.54 Å². The lowest BCUT2D eigenvalue weighted by atomic mass is 10.1. The minimum absolute atomic E-state index is 0.0631. The molecule has 4 nitrogen and oxygen atoms in total. The fourth-order valence-electron chi connectivity index (χ4n) is 2.39. The second-order valence-corrected chi connectivity index (χ2v) is 5.31. The van der Waals surface area contributed by atoms with Crippen LogP contribution in [0.15, 0.2) is 30.3 Å². The number of rotatable bonds is 7. The molecule has 2 rings (SSSR count). The Labute approximate surface area is 140 Å². The number of hydrogen-bond donors (Lipinski definition) is 1. The van der Waals surface area contributed by atoms with E-state index in [4.69, 9.17) is 14.2 Å². The molecule has 0 amide bonds. The third-order valence-electron chi connectivity index (χ3n) is 3.78. The molecule has 6 heteroatoms. The van der Waals surface area contributed by atoms with Gasteiger partial charge in [-0.1, -0.05) is 6.07 Å². The van der Waals surface area contributed by atoms with Crippen LogP contribution in [0.1, 0.15) is 24.1 Å². The first-order chi connectivity index (χ1) is 11.5. The highest BCUT2D eigenvalue weighted by Crippen LogP contribution is 2.39. The van der Waals surface area contributed by atoms with Crippen molar-refractivity contribution in [1.82, 2.24) is 5.32 Å². The highest BCUT2D eigenvalue weighted by Gasteiger charge is 2.16. The van der Waals surface area contributed by atoms with Gasteiger partial charge in [-0.05, 0) is 42.3 Å². The van der Waals surface area contributed by atoms with Crippen molar-refractivity contribution in [1.29, 1.82) is 0 Å². The summed E-state index contributed by atoms with van der Waals surface area (Å²) in [6, 6.07) is 7.49. The summed E-state index contributed by atoms with van der Waals surface area (Å²) in [7, 11) is 4.66. The zero-order chi connectivity index (χ0) is 17.7. The maximum atomic E-state index is 13.3.